The number of alkyl halides is 1. The van der Waals surface area contributed by atoms with Crippen molar-refractivity contribution in [2.75, 3.05) is 20.3 Å². The van der Waals surface area contributed by atoms with Crippen molar-refractivity contribution in [1.29, 1.82) is 0 Å². The highest BCUT2D eigenvalue weighted by atomic mass is 19.2. The second-order valence-corrected chi connectivity index (χ2v) is 10.0. The Morgan fingerprint density at radius 1 is 0.833 bits per heavy atom. The Morgan fingerprint density at radius 3 is 2.17 bits per heavy atom. The van der Waals surface area contributed by atoms with Crippen LogP contribution in [-0.2, 0) is 11.2 Å². The molecule has 36 heavy (non-hydrogen) atoms. The molecule has 0 spiro atoms. The molecule has 8 heteroatoms. The zero-order chi connectivity index (χ0) is 25.8. The van der Waals surface area contributed by atoms with Crippen LogP contribution < -0.4 is 9.47 Å². The van der Waals surface area contributed by atoms with E-state index in [1.807, 2.05) is 0 Å². The first-order chi connectivity index (χ1) is 17.3. The number of hydrogen-bond acceptors (Lipinski definition) is 3. The van der Waals surface area contributed by atoms with Gasteiger partial charge in [-0.05, 0) is 86.5 Å². The SMILES string of the molecule is COc1ccc(CC(F)COc2ccc(C3CCC(C4CCC(C)OC4)CC3)c(F)c2F)c(F)c1F. The highest BCUT2D eigenvalue weighted by molar-refractivity contribution is 5.34. The average molecular weight is 513 g/mol. The smallest absolute Gasteiger partial charge is 0.200 e. The first-order valence-electron chi connectivity index (χ1n) is 12.7. The van der Waals surface area contributed by atoms with Gasteiger partial charge >= 0.3 is 0 Å². The van der Waals surface area contributed by atoms with Crippen LogP contribution in [0.4, 0.5) is 22.0 Å². The third-order valence-electron chi connectivity index (χ3n) is 7.70. The van der Waals surface area contributed by atoms with Crippen LogP contribution in [0.1, 0.15) is 62.5 Å². The van der Waals surface area contributed by atoms with Gasteiger partial charge in [-0.3, -0.25) is 0 Å². The molecule has 2 aliphatic rings. The van der Waals surface area contributed by atoms with Gasteiger partial charge in [0.25, 0.3) is 0 Å². The van der Waals surface area contributed by atoms with E-state index in [9.17, 15) is 22.0 Å². The standard InChI is InChI=1S/C28H33F5O3/c1-16-3-4-20(14-35-16)17-5-7-18(8-6-17)22-10-12-24(28(33)26(22)31)36-15-21(29)13-19-9-11-23(34-2)27(32)25(19)30/h9-12,16-18,20-21H,3-8,13-15H2,1-2H3. The average Bonchev–Trinajstić information content (AvgIpc) is 2.88. The van der Waals surface area contributed by atoms with Gasteiger partial charge in [0.05, 0.1) is 19.8 Å². The molecule has 3 unspecified atom stereocenters. The van der Waals surface area contributed by atoms with Crippen LogP contribution in [0.5, 0.6) is 11.5 Å². The summed E-state index contributed by atoms with van der Waals surface area (Å²) in [6.45, 7) is 2.24. The van der Waals surface area contributed by atoms with E-state index in [1.165, 1.54) is 31.4 Å². The monoisotopic (exact) mass is 512 g/mol. The Hall–Kier alpha value is -2.35. The second kappa shape index (κ2) is 11.8. The van der Waals surface area contributed by atoms with Gasteiger partial charge in [-0.1, -0.05) is 12.1 Å². The molecule has 1 aliphatic heterocycles. The molecule has 1 heterocycles. The number of benzene rings is 2. The molecule has 2 aromatic rings. The Morgan fingerprint density at radius 2 is 1.50 bits per heavy atom. The first-order valence-corrected chi connectivity index (χ1v) is 12.7. The Kier molecular flexibility index (Phi) is 8.75. The van der Waals surface area contributed by atoms with Gasteiger partial charge in [0, 0.05) is 6.42 Å². The van der Waals surface area contributed by atoms with Crippen molar-refractivity contribution in [3.63, 3.8) is 0 Å². The van der Waals surface area contributed by atoms with Crippen molar-refractivity contribution in [3.05, 3.63) is 58.7 Å². The molecule has 4 rings (SSSR count). The van der Waals surface area contributed by atoms with Crippen molar-refractivity contribution in [2.45, 2.75) is 70.1 Å². The van der Waals surface area contributed by atoms with Crippen molar-refractivity contribution >= 4 is 0 Å². The number of hydrogen-bond donors (Lipinski definition) is 0. The maximum Gasteiger partial charge on any atom is 0.200 e. The van der Waals surface area contributed by atoms with E-state index in [0.29, 0.717) is 23.5 Å². The predicted octanol–water partition coefficient (Wildman–Crippen LogP) is 7.30. The number of rotatable bonds is 8. The molecule has 198 valence electrons. The predicted molar refractivity (Wildman–Crippen MR) is 126 cm³/mol. The Bertz CT molecular complexity index is 1030. The van der Waals surface area contributed by atoms with Gasteiger partial charge in [0.2, 0.25) is 11.6 Å². The van der Waals surface area contributed by atoms with Gasteiger partial charge in [-0.2, -0.15) is 8.78 Å². The molecule has 0 amide bonds. The van der Waals surface area contributed by atoms with E-state index >= 15 is 0 Å². The lowest BCUT2D eigenvalue weighted by molar-refractivity contribution is -0.0282. The van der Waals surface area contributed by atoms with Crippen molar-refractivity contribution in [3.8, 4) is 11.5 Å². The summed E-state index contributed by atoms with van der Waals surface area (Å²) in [5.74, 6) is -4.21. The molecule has 3 nitrogen and oxygen atoms in total. The van der Waals surface area contributed by atoms with E-state index in [0.717, 1.165) is 45.1 Å². The summed E-state index contributed by atoms with van der Waals surface area (Å²) in [6, 6.07) is 5.24. The molecule has 1 aliphatic carbocycles. The minimum atomic E-state index is -1.75. The van der Waals surface area contributed by atoms with Crippen molar-refractivity contribution in [1.82, 2.24) is 0 Å². The lowest BCUT2D eigenvalue weighted by Crippen LogP contribution is -2.31. The summed E-state index contributed by atoms with van der Waals surface area (Å²) >= 11 is 0. The summed E-state index contributed by atoms with van der Waals surface area (Å²) in [6.07, 6.45) is 3.78. The summed E-state index contributed by atoms with van der Waals surface area (Å²) < 4.78 is 87.6. The number of halogens is 5. The number of methoxy groups -OCH3 is 1. The van der Waals surface area contributed by atoms with Crippen LogP contribution in [0, 0.1) is 35.1 Å². The molecule has 1 saturated carbocycles. The molecule has 3 atom stereocenters. The maximum absolute atomic E-state index is 14.9. The lowest BCUT2D eigenvalue weighted by atomic mass is 9.72. The Balaban J connectivity index is 1.32. The topological polar surface area (TPSA) is 27.7 Å². The third kappa shape index (κ3) is 5.96. The van der Waals surface area contributed by atoms with Crippen molar-refractivity contribution < 1.29 is 36.2 Å². The third-order valence-corrected chi connectivity index (χ3v) is 7.70. The van der Waals surface area contributed by atoms with Crippen LogP contribution in [-0.4, -0.2) is 32.6 Å². The minimum Gasteiger partial charge on any atom is -0.494 e. The van der Waals surface area contributed by atoms with Gasteiger partial charge in [0.1, 0.15) is 12.8 Å². The van der Waals surface area contributed by atoms with Crippen LogP contribution in [0.15, 0.2) is 24.3 Å². The van der Waals surface area contributed by atoms with E-state index in [2.05, 4.69) is 11.7 Å². The van der Waals surface area contributed by atoms with Crippen molar-refractivity contribution in [2.24, 2.45) is 11.8 Å². The summed E-state index contributed by atoms with van der Waals surface area (Å²) in [5, 5.41) is 0. The molecule has 2 aromatic carbocycles. The molecular weight excluding hydrogens is 479 g/mol. The molecule has 0 aromatic heterocycles. The normalized spacial score (nSPS) is 25.4. The highest BCUT2D eigenvalue weighted by Crippen LogP contribution is 2.42. The minimum absolute atomic E-state index is 0.0740. The fourth-order valence-electron chi connectivity index (χ4n) is 5.51. The van der Waals surface area contributed by atoms with E-state index in [1.54, 1.807) is 0 Å². The quantitative estimate of drug-likeness (QED) is 0.348. The van der Waals surface area contributed by atoms with Crippen LogP contribution >= 0.6 is 0 Å². The number of ether oxygens (including phenoxy) is 3. The molecule has 1 saturated heterocycles. The molecular formula is C28H33F5O3. The first kappa shape index (κ1) is 26.7. The summed E-state index contributed by atoms with van der Waals surface area (Å²) in [4.78, 5) is 0. The van der Waals surface area contributed by atoms with Gasteiger partial charge in [0.15, 0.2) is 23.1 Å². The second-order valence-electron chi connectivity index (χ2n) is 10.0. The summed E-state index contributed by atoms with van der Waals surface area (Å²) in [5.41, 5.74) is 0.121. The molecule has 0 bridgehead atoms. The van der Waals surface area contributed by atoms with E-state index < -0.39 is 48.2 Å². The molecule has 0 N–H and O–H groups in total. The van der Waals surface area contributed by atoms with Gasteiger partial charge in [-0.25, -0.2) is 13.2 Å². The van der Waals surface area contributed by atoms with Crippen LogP contribution in [0.3, 0.4) is 0 Å². The lowest BCUT2D eigenvalue weighted by Gasteiger charge is -2.37. The van der Waals surface area contributed by atoms with Crippen LogP contribution in [0.2, 0.25) is 0 Å². The van der Waals surface area contributed by atoms with Gasteiger partial charge < -0.3 is 14.2 Å². The highest BCUT2D eigenvalue weighted by Gasteiger charge is 2.32. The molecule has 2 fully saturated rings. The molecule has 0 radical (unpaired) electrons. The maximum atomic E-state index is 14.9. The largest absolute Gasteiger partial charge is 0.494 e. The zero-order valence-electron chi connectivity index (χ0n) is 20.7. The summed E-state index contributed by atoms with van der Waals surface area (Å²) in [7, 11) is 1.19. The fraction of sp³-hybridized carbons (Fsp3) is 0.571. The fourth-order valence-corrected chi connectivity index (χ4v) is 5.51. The van der Waals surface area contributed by atoms with Crippen LogP contribution in [0.25, 0.3) is 0 Å². The van der Waals surface area contributed by atoms with Gasteiger partial charge in [-0.15, -0.1) is 0 Å². The zero-order valence-corrected chi connectivity index (χ0v) is 20.7. The Labute approximate surface area is 208 Å². The van der Waals surface area contributed by atoms with E-state index in [4.69, 9.17) is 9.47 Å². The van der Waals surface area contributed by atoms with E-state index in [-0.39, 0.29) is 17.2 Å².